The zero-order chi connectivity index (χ0) is 27.9. The Balaban J connectivity index is 0.000000562. The van der Waals surface area contributed by atoms with E-state index in [2.05, 4.69) is 30.5 Å². The SMILES string of the molecule is CC.CC(C)CCCOc1ccc2c(c1)OCCO2.CN1CCCC1.O=CCCCCOCC(F)(F)F. The number of carbonyl (C=O) groups excluding carboxylic acids is 1. The van der Waals surface area contributed by atoms with Crippen LogP contribution in [-0.4, -0.2) is 70.5 Å². The quantitative estimate of drug-likeness (QED) is 0.226. The predicted molar refractivity (Wildman–Crippen MR) is 142 cm³/mol. The minimum Gasteiger partial charge on any atom is -0.493 e. The Kier molecular flexibility index (Phi) is 20.8. The monoisotopic (exact) mass is 535 g/mol. The highest BCUT2D eigenvalue weighted by molar-refractivity contribution is 5.49. The minimum absolute atomic E-state index is 0.0628. The van der Waals surface area contributed by atoms with Crippen molar-refractivity contribution in [2.24, 2.45) is 5.92 Å². The summed E-state index contributed by atoms with van der Waals surface area (Å²) in [5.74, 6) is 3.19. The van der Waals surface area contributed by atoms with Crippen LogP contribution in [0, 0.1) is 5.92 Å². The molecule has 0 bridgehead atoms. The number of nitrogens with zero attached hydrogens (tertiary/aromatic N) is 1. The first-order valence-corrected chi connectivity index (χ1v) is 13.5. The number of unbranched alkanes of at least 4 members (excludes halogenated alkanes) is 2. The van der Waals surface area contributed by atoms with Gasteiger partial charge in [0.15, 0.2) is 11.5 Å². The summed E-state index contributed by atoms with van der Waals surface area (Å²) in [5, 5.41) is 0. The molecule has 1 aromatic carbocycles. The normalized spacial score (nSPS) is 14.4. The van der Waals surface area contributed by atoms with E-state index in [4.69, 9.17) is 14.2 Å². The second-order valence-electron chi connectivity index (χ2n) is 9.03. The van der Waals surface area contributed by atoms with Crippen LogP contribution in [-0.2, 0) is 9.53 Å². The summed E-state index contributed by atoms with van der Waals surface area (Å²) in [5.41, 5.74) is 0. The fourth-order valence-corrected chi connectivity index (χ4v) is 3.29. The molecule has 0 amide bonds. The Morgan fingerprint density at radius 1 is 1.00 bits per heavy atom. The van der Waals surface area contributed by atoms with Gasteiger partial charge in [-0.05, 0) is 76.7 Å². The third-order valence-corrected chi connectivity index (χ3v) is 5.16. The Morgan fingerprint density at radius 3 is 2.19 bits per heavy atom. The summed E-state index contributed by atoms with van der Waals surface area (Å²) in [6.07, 6.45) is 3.07. The Hall–Kier alpha value is -2.00. The molecule has 2 aliphatic heterocycles. The van der Waals surface area contributed by atoms with E-state index in [1.807, 2.05) is 32.0 Å². The number of alkyl halides is 3. The number of ether oxygens (including phenoxy) is 4. The fourth-order valence-electron chi connectivity index (χ4n) is 3.29. The van der Waals surface area contributed by atoms with Crippen molar-refractivity contribution in [3.05, 3.63) is 18.2 Å². The number of hydrogen-bond acceptors (Lipinski definition) is 6. The lowest BCUT2D eigenvalue weighted by Gasteiger charge is -2.19. The molecule has 1 saturated heterocycles. The van der Waals surface area contributed by atoms with Crippen LogP contribution in [0.5, 0.6) is 17.2 Å². The molecule has 216 valence electrons. The molecule has 37 heavy (non-hydrogen) atoms. The summed E-state index contributed by atoms with van der Waals surface area (Å²) < 4.78 is 55.3. The van der Waals surface area contributed by atoms with E-state index in [0.717, 1.165) is 42.5 Å². The second kappa shape index (κ2) is 22.0. The van der Waals surface area contributed by atoms with Crippen molar-refractivity contribution in [2.45, 2.75) is 78.8 Å². The first-order valence-electron chi connectivity index (χ1n) is 13.5. The molecule has 0 aromatic heterocycles. The lowest BCUT2D eigenvalue weighted by molar-refractivity contribution is -0.174. The number of carbonyl (C=O) groups is 1. The van der Waals surface area contributed by atoms with E-state index in [9.17, 15) is 18.0 Å². The van der Waals surface area contributed by atoms with Gasteiger partial charge in [0.25, 0.3) is 0 Å². The van der Waals surface area contributed by atoms with Crippen LogP contribution < -0.4 is 14.2 Å². The van der Waals surface area contributed by atoms with Gasteiger partial charge in [-0.3, -0.25) is 0 Å². The molecule has 2 heterocycles. The molecule has 0 spiro atoms. The second-order valence-corrected chi connectivity index (χ2v) is 9.03. The molecular weight excluding hydrogens is 487 g/mol. The molecule has 0 unspecified atom stereocenters. The Bertz CT molecular complexity index is 680. The molecule has 0 N–H and O–H groups in total. The van der Waals surface area contributed by atoms with E-state index in [0.29, 0.717) is 32.5 Å². The van der Waals surface area contributed by atoms with E-state index < -0.39 is 12.8 Å². The first-order chi connectivity index (χ1) is 17.7. The number of halogens is 3. The first kappa shape index (κ1) is 35.0. The number of aldehydes is 1. The minimum atomic E-state index is -4.25. The average Bonchev–Trinajstić information content (AvgIpc) is 3.36. The zero-order valence-corrected chi connectivity index (χ0v) is 23.4. The van der Waals surface area contributed by atoms with Crippen molar-refractivity contribution in [1.29, 1.82) is 0 Å². The van der Waals surface area contributed by atoms with Gasteiger partial charge in [-0.2, -0.15) is 13.2 Å². The van der Waals surface area contributed by atoms with Crippen molar-refractivity contribution in [1.82, 2.24) is 4.90 Å². The highest BCUT2D eigenvalue weighted by Crippen LogP contribution is 2.33. The van der Waals surface area contributed by atoms with Gasteiger partial charge in [0, 0.05) is 19.1 Å². The number of likely N-dealkylation sites (tertiary alicyclic amines) is 1. The molecule has 3 rings (SSSR count). The molecule has 2 aliphatic rings. The van der Waals surface area contributed by atoms with Crippen molar-refractivity contribution in [2.75, 3.05) is 53.2 Å². The highest BCUT2D eigenvalue weighted by Gasteiger charge is 2.27. The molecule has 9 heteroatoms. The summed E-state index contributed by atoms with van der Waals surface area (Å²) in [4.78, 5) is 12.1. The van der Waals surface area contributed by atoms with E-state index in [1.165, 1.54) is 32.4 Å². The Morgan fingerprint density at radius 2 is 1.65 bits per heavy atom. The zero-order valence-electron chi connectivity index (χ0n) is 23.4. The van der Waals surface area contributed by atoms with Crippen LogP contribution >= 0.6 is 0 Å². The smallest absolute Gasteiger partial charge is 0.411 e. The predicted octanol–water partition coefficient (Wildman–Crippen LogP) is 6.95. The number of hydrogen-bond donors (Lipinski definition) is 0. The van der Waals surface area contributed by atoms with Gasteiger partial charge < -0.3 is 28.6 Å². The molecule has 0 atom stereocenters. The lowest BCUT2D eigenvalue weighted by Crippen LogP contribution is -2.17. The topological polar surface area (TPSA) is 57.2 Å². The molecule has 6 nitrogen and oxygen atoms in total. The highest BCUT2D eigenvalue weighted by atomic mass is 19.4. The van der Waals surface area contributed by atoms with Crippen LogP contribution in [0.4, 0.5) is 13.2 Å². The largest absolute Gasteiger partial charge is 0.493 e. The van der Waals surface area contributed by atoms with Gasteiger partial charge >= 0.3 is 6.18 Å². The van der Waals surface area contributed by atoms with Gasteiger partial charge in [-0.25, -0.2) is 0 Å². The van der Waals surface area contributed by atoms with E-state index in [1.54, 1.807) is 0 Å². The third kappa shape index (κ3) is 20.7. The van der Waals surface area contributed by atoms with Gasteiger partial charge in [-0.15, -0.1) is 0 Å². The van der Waals surface area contributed by atoms with Gasteiger partial charge in [0.2, 0.25) is 0 Å². The van der Waals surface area contributed by atoms with E-state index in [-0.39, 0.29) is 6.61 Å². The van der Waals surface area contributed by atoms with Crippen molar-refractivity contribution in [3.63, 3.8) is 0 Å². The Labute approximate surface area is 221 Å². The maximum atomic E-state index is 11.4. The van der Waals surface area contributed by atoms with Crippen molar-refractivity contribution >= 4 is 6.29 Å². The summed E-state index contributed by atoms with van der Waals surface area (Å²) in [6, 6.07) is 5.75. The number of fused-ring (bicyclic) bond motifs is 1. The van der Waals surface area contributed by atoms with Gasteiger partial charge in [0.1, 0.15) is 31.9 Å². The van der Waals surface area contributed by atoms with Crippen LogP contribution in [0.3, 0.4) is 0 Å². The molecule has 0 aliphatic carbocycles. The molecule has 1 aromatic rings. The van der Waals surface area contributed by atoms with Crippen molar-refractivity contribution in [3.8, 4) is 17.2 Å². The standard InChI is InChI=1S/C14H20O3.C7H11F3O2.C5H11N.C2H6/c1-11(2)4-3-7-15-12-5-6-13-14(10-12)17-9-8-16-13;8-7(9,10)6-12-5-3-1-2-4-11;1-6-4-2-3-5-6;1-2/h5-6,10-11H,3-4,7-9H2,1-2H3;4H,1-3,5-6H2;2-5H2,1H3;1-2H3. The average molecular weight is 536 g/mol. The molecule has 1 fully saturated rings. The maximum Gasteiger partial charge on any atom is 0.411 e. The summed E-state index contributed by atoms with van der Waals surface area (Å²) >= 11 is 0. The van der Waals surface area contributed by atoms with Crippen LogP contribution in [0.2, 0.25) is 0 Å². The molecule has 0 saturated carbocycles. The molecular formula is C28H48F3NO5. The summed E-state index contributed by atoms with van der Waals surface area (Å²) in [7, 11) is 2.17. The van der Waals surface area contributed by atoms with Crippen LogP contribution in [0.15, 0.2) is 18.2 Å². The lowest BCUT2D eigenvalue weighted by atomic mass is 10.1. The summed E-state index contributed by atoms with van der Waals surface area (Å²) in [6.45, 7) is 12.0. The van der Waals surface area contributed by atoms with Crippen molar-refractivity contribution < 1.29 is 36.9 Å². The number of benzene rings is 1. The van der Waals surface area contributed by atoms with Gasteiger partial charge in [-0.1, -0.05) is 27.7 Å². The van der Waals surface area contributed by atoms with E-state index >= 15 is 0 Å². The van der Waals surface area contributed by atoms with Crippen LogP contribution in [0.25, 0.3) is 0 Å². The fraction of sp³-hybridized carbons (Fsp3) is 0.750. The molecule has 0 radical (unpaired) electrons. The maximum absolute atomic E-state index is 11.4. The van der Waals surface area contributed by atoms with Crippen LogP contribution in [0.1, 0.15) is 72.6 Å². The van der Waals surface area contributed by atoms with Gasteiger partial charge in [0.05, 0.1) is 6.61 Å². The third-order valence-electron chi connectivity index (χ3n) is 5.16. The number of rotatable bonds is 11.